The summed E-state index contributed by atoms with van der Waals surface area (Å²) in [5, 5.41) is 4.00. The fourth-order valence-electron chi connectivity index (χ4n) is 1.77. The summed E-state index contributed by atoms with van der Waals surface area (Å²) >= 11 is 2.81. The van der Waals surface area contributed by atoms with Crippen LogP contribution in [0.4, 0.5) is 5.82 Å². The Kier molecular flexibility index (Phi) is 4.21. The van der Waals surface area contributed by atoms with Crippen molar-refractivity contribution in [2.24, 2.45) is 0 Å². The third-order valence-corrected chi connectivity index (χ3v) is 4.40. The van der Waals surface area contributed by atoms with Gasteiger partial charge in [-0.1, -0.05) is 0 Å². The van der Waals surface area contributed by atoms with E-state index in [-0.39, 0.29) is 5.97 Å². The standard InChI is InChI=1S/C14H12N4O2S2/c1-2-20-13(19)8-3-4-10(16-7-8)22-14-17-11(15)9-5-6-21-12(9)18-14/h3-7H,2H2,1H3,(H2,15,17,18). The highest BCUT2D eigenvalue weighted by Gasteiger charge is 2.10. The number of nitrogens with two attached hydrogens (primary N) is 1. The number of thiophene rings is 1. The van der Waals surface area contributed by atoms with Crippen molar-refractivity contribution in [1.82, 2.24) is 15.0 Å². The SMILES string of the molecule is CCOC(=O)c1ccc(Sc2nc(N)c3ccsc3n2)nc1. The quantitative estimate of drug-likeness (QED) is 0.580. The second-order valence-corrected chi connectivity index (χ2v) is 6.12. The van der Waals surface area contributed by atoms with E-state index in [1.807, 2.05) is 11.4 Å². The van der Waals surface area contributed by atoms with Crippen LogP contribution in [0.2, 0.25) is 0 Å². The van der Waals surface area contributed by atoms with E-state index < -0.39 is 0 Å². The molecule has 0 aliphatic rings. The van der Waals surface area contributed by atoms with Crippen molar-refractivity contribution < 1.29 is 9.53 Å². The van der Waals surface area contributed by atoms with Gasteiger partial charge >= 0.3 is 5.97 Å². The molecule has 3 aromatic heterocycles. The Labute approximate surface area is 134 Å². The van der Waals surface area contributed by atoms with Crippen LogP contribution in [0.1, 0.15) is 17.3 Å². The molecule has 0 atom stereocenters. The van der Waals surface area contributed by atoms with Crippen LogP contribution in [-0.2, 0) is 4.74 Å². The molecule has 0 spiro atoms. The molecule has 0 aliphatic heterocycles. The van der Waals surface area contributed by atoms with Gasteiger partial charge in [-0.25, -0.2) is 19.7 Å². The molecule has 0 fully saturated rings. The molecule has 0 amide bonds. The van der Waals surface area contributed by atoms with Gasteiger partial charge in [0.1, 0.15) is 15.7 Å². The van der Waals surface area contributed by atoms with Crippen LogP contribution >= 0.6 is 23.1 Å². The molecule has 6 nitrogen and oxygen atoms in total. The average Bonchev–Trinajstić information content (AvgIpc) is 2.97. The molecule has 0 saturated heterocycles. The lowest BCUT2D eigenvalue weighted by molar-refractivity contribution is 0.0525. The van der Waals surface area contributed by atoms with Gasteiger partial charge in [-0.05, 0) is 42.3 Å². The van der Waals surface area contributed by atoms with E-state index in [1.54, 1.807) is 19.1 Å². The molecule has 0 aromatic carbocycles. The number of hydrogen-bond acceptors (Lipinski definition) is 8. The summed E-state index contributed by atoms with van der Waals surface area (Å²) in [7, 11) is 0. The van der Waals surface area contributed by atoms with E-state index in [9.17, 15) is 4.79 Å². The fraction of sp³-hybridized carbons (Fsp3) is 0.143. The number of nitrogen functional groups attached to an aromatic ring is 1. The minimum atomic E-state index is -0.382. The van der Waals surface area contributed by atoms with Crippen molar-refractivity contribution in [2.45, 2.75) is 17.1 Å². The summed E-state index contributed by atoms with van der Waals surface area (Å²) in [5.41, 5.74) is 6.33. The number of carbonyl (C=O) groups is 1. The first kappa shape index (κ1) is 14.7. The molecule has 3 aromatic rings. The number of anilines is 1. The van der Waals surface area contributed by atoms with Gasteiger partial charge in [-0.15, -0.1) is 11.3 Å². The molecule has 0 unspecified atom stereocenters. The highest BCUT2D eigenvalue weighted by molar-refractivity contribution is 7.99. The number of fused-ring (bicyclic) bond motifs is 1. The largest absolute Gasteiger partial charge is 0.462 e. The zero-order chi connectivity index (χ0) is 15.5. The Hall–Kier alpha value is -2.19. The highest BCUT2D eigenvalue weighted by Crippen LogP contribution is 2.29. The van der Waals surface area contributed by atoms with Gasteiger partial charge in [-0.3, -0.25) is 0 Å². The average molecular weight is 332 g/mol. The van der Waals surface area contributed by atoms with Crippen LogP contribution in [0.25, 0.3) is 10.2 Å². The monoisotopic (exact) mass is 332 g/mol. The van der Waals surface area contributed by atoms with Gasteiger partial charge in [0.05, 0.1) is 17.6 Å². The maximum atomic E-state index is 11.6. The summed E-state index contributed by atoms with van der Waals surface area (Å²) in [6.45, 7) is 2.10. The first-order valence-corrected chi connectivity index (χ1v) is 8.18. The van der Waals surface area contributed by atoms with Crippen molar-refractivity contribution in [3.05, 3.63) is 35.3 Å². The van der Waals surface area contributed by atoms with Gasteiger partial charge in [0.25, 0.3) is 0 Å². The van der Waals surface area contributed by atoms with E-state index in [2.05, 4.69) is 15.0 Å². The van der Waals surface area contributed by atoms with Gasteiger partial charge in [0.2, 0.25) is 0 Å². The Morgan fingerprint density at radius 2 is 2.23 bits per heavy atom. The lowest BCUT2D eigenvalue weighted by atomic mass is 10.3. The lowest BCUT2D eigenvalue weighted by Gasteiger charge is -2.03. The van der Waals surface area contributed by atoms with Crippen molar-refractivity contribution in [3.8, 4) is 0 Å². The minimum Gasteiger partial charge on any atom is -0.462 e. The van der Waals surface area contributed by atoms with Crippen LogP contribution in [0.5, 0.6) is 0 Å². The normalized spacial score (nSPS) is 10.8. The third kappa shape index (κ3) is 3.02. The molecule has 0 radical (unpaired) electrons. The smallest absolute Gasteiger partial charge is 0.339 e. The van der Waals surface area contributed by atoms with Gasteiger partial charge < -0.3 is 10.5 Å². The molecule has 0 bridgehead atoms. The number of rotatable bonds is 4. The molecule has 22 heavy (non-hydrogen) atoms. The second kappa shape index (κ2) is 6.29. The summed E-state index contributed by atoms with van der Waals surface area (Å²) in [4.78, 5) is 25.3. The van der Waals surface area contributed by atoms with E-state index in [0.29, 0.717) is 28.2 Å². The van der Waals surface area contributed by atoms with Crippen LogP contribution < -0.4 is 5.73 Å². The predicted octanol–water partition coefficient (Wildman–Crippen LogP) is 3.00. The maximum absolute atomic E-state index is 11.6. The molecule has 2 N–H and O–H groups in total. The van der Waals surface area contributed by atoms with Crippen molar-refractivity contribution in [3.63, 3.8) is 0 Å². The van der Waals surface area contributed by atoms with Gasteiger partial charge in [0, 0.05) is 6.20 Å². The van der Waals surface area contributed by atoms with Gasteiger partial charge in [-0.2, -0.15) is 0 Å². The molecule has 3 rings (SSSR count). The fourth-order valence-corrected chi connectivity index (χ4v) is 3.31. The molecular weight excluding hydrogens is 320 g/mol. The Morgan fingerprint density at radius 1 is 1.36 bits per heavy atom. The number of pyridine rings is 1. The van der Waals surface area contributed by atoms with E-state index in [0.717, 1.165) is 10.2 Å². The Morgan fingerprint density at radius 3 is 2.95 bits per heavy atom. The van der Waals surface area contributed by atoms with E-state index >= 15 is 0 Å². The molecule has 3 heterocycles. The number of nitrogens with zero attached hydrogens (tertiary/aromatic N) is 3. The summed E-state index contributed by atoms with van der Waals surface area (Å²) < 4.78 is 4.92. The number of hydrogen-bond donors (Lipinski definition) is 1. The van der Waals surface area contributed by atoms with Crippen LogP contribution in [0.15, 0.2) is 40.0 Å². The summed E-state index contributed by atoms with van der Waals surface area (Å²) in [6.07, 6.45) is 1.48. The second-order valence-electron chi connectivity index (χ2n) is 4.24. The number of ether oxygens (including phenoxy) is 1. The molecular formula is C14H12N4O2S2. The minimum absolute atomic E-state index is 0.337. The molecule has 0 saturated carbocycles. The third-order valence-electron chi connectivity index (χ3n) is 2.78. The van der Waals surface area contributed by atoms with Crippen molar-refractivity contribution in [2.75, 3.05) is 12.3 Å². The zero-order valence-electron chi connectivity index (χ0n) is 11.6. The number of aromatic nitrogens is 3. The summed E-state index contributed by atoms with van der Waals surface area (Å²) in [6, 6.07) is 5.30. The van der Waals surface area contributed by atoms with Gasteiger partial charge in [0.15, 0.2) is 5.16 Å². The highest BCUT2D eigenvalue weighted by atomic mass is 32.2. The Balaban J connectivity index is 1.81. The van der Waals surface area contributed by atoms with Crippen LogP contribution in [-0.4, -0.2) is 27.5 Å². The number of carbonyl (C=O) groups excluding carboxylic acids is 1. The topological polar surface area (TPSA) is 91.0 Å². The zero-order valence-corrected chi connectivity index (χ0v) is 13.3. The first-order valence-electron chi connectivity index (χ1n) is 6.49. The predicted molar refractivity (Wildman–Crippen MR) is 86.1 cm³/mol. The first-order chi connectivity index (χ1) is 10.7. The summed E-state index contributed by atoms with van der Waals surface area (Å²) in [5.74, 6) is 0.0731. The van der Waals surface area contributed by atoms with Crippen molar-refractivity contribution >= 4 is 45.1 Å². The molecule has 8 heteroatoms. The van der Waals surface area contributed by atoms with Crippen molar-refractivity contribution in [1.29, 1.82) is 0 Å². The molecule has 112 valence electrons. The van der Waals surface area contributed by atoms with Crippen LogP contribution in [0.3, 0.4) is 0 Å². The van der Waals surface area contributed by atoms with Crippen LogP contribution in [0, 0.1) is 0 Å². The number of esters is 1. The molecule has 0 aliphatic carbocycles. The Bertz CT molecular complexity index is 817. The van der Waals surface area contributed by atoms with E-state index in [4.69, 9.17) is 10.5 Å². The van der Waals surface area contributed by atoms with E-state index in [1.165, 1.54) is 29.3 Å². The maximum Gasteiger partial charge on any atom is 0.339 e. The lowest BCUT2D eigenvalue weighted by Crippen LogP contribution is -2.04.